The van der Waals surface area contributed by atoms with Gasteiger partial charge in [-0.2, -0.15) is 0 Å². The molecule has 7 heteroatoms. The van der Waals surface area contributed by atoms with Gasteiger partial charge in [-0.1, -0.05) is 29.3 Å². The zero-order chi connectivity index (χ0) is 17.5. The Morgan fingerprint density at radius 1 is 1.21 bits per heavy atom. The van der Waals surface area contributed by atoms with E-state index in [0.717, 1.165) is 5.69 Å². The predicted octanol–water partition coefficient (Wildman–Crippen LogP) is 3.45. The second-order valence-electron chi connectivity index (χ2n) is 5.11. The van der Waals surface area contributed by atoms with Crippen molar-refractivity contribution in [1.82, 2.24) is 10.3 Å². The summed E-state index contributed by atoms with van der Waals surface area (Å²) in [5.41, 5.74) is 1.27. The molecule has 0 fully saturated rings. The molecular weight excluding hydrogens is 349 g/mol. The fraction of sp³-hybridized carbons (Fsp3) is 0.235. The summed E-state index contributed by atoms with van der Waals surface area (Å²) < 4.78 is 0. The van der Waals surface area contributed by atoms with E-state index in [2.05, 4.69) is 10.3 Å². The zero-order valence-electron chi connectivity index (χ0n) is 13.1. The smallest absolute Gasteiger partial charge is 0.223 e. The number of nitrogens with one attached hydrogen (secondary N) is 1. The van der Waals surface area contributed by atoms with Crippen LogP contribution in [0.15, 0.2) is 42.6 Å². The molecule has 24 heavy (non-hydrogen) atoms. The third kappa shape index (κ3) is 5.22. The highest BCUT2D eigenvalue weighted by molar-refractivity contribution is 6.35. The third-order valence-electron chi connectivity index (χ3n) is 3.33. The van der Waals surface area contributed by atoms with E-state index in [-0.39, 0.29) is 24.8 Å². The maximum atomic E-state index is 12.0. The van der Waals surface area contributed by atoms with Crippen molar-refractivity contribution in [2.24, 2.45) is 0 Å². The fourth-order valence-electron chi connectivity index (χ4n) is 2.13. The van der Waals surface area contributed by atoms with Crippen LogP contribution in [-0.4, -0.2) is 23.3 Å². The van der Waals surface area contributed by atoms with E-state index in [1.807, 2.05) is 18.2 Å². The number of aromatic nitrogens is 1. The highest BCUT2D eigenvalue weighted by atomic mass is 35.5. The van der Waals surface area contributed by atoms with Crippen LogP contribution >= 0.6 is 23.2 Å². The number of rotatable bonds is 6. The van der Waals surface area contributed by atoms with Crippen LogP contribution in [0.25, 0.3) is 0 Å². The lowest BCUT2D eigenvalue weighted by Crippen LogP contribution is -2.34. The van der Waals surface area contributed by atoms with Crippen LogP contribution in [0.1, 0.15) is 19.0 Å². The van der Waals surface area contributed by atoms with Crippen LogP contribution in [0.3, 0.4) is 0 Å². The van der Waals surface area contributed by atoms with Crippen molar-refractivity contribution >= 4 is 40.7 Å². The van der Waals surface area contributed by atoms with E-state index in [0.29, 0.717) is 22.3 Å². The van der Waals surface area contributed by atoms with E-state index in [9.17, 15) is 9.59 Å². The topological polar surface area (TPSA) is 62.3 Å². The summed E-state index contributed by atoms with van der Waals surface area (Å²) >= 11 is 12.1. The van der Waals surface area contributed by atoms with Gasteiger partial charge in [-0.25, -0.2) is 0 Å². The minimum atomic E-state index is -0.211. The molecule has 0 unspecified atom stereocenters. The van der Waals surface area contributed by atoms with Gasteiger partial charge < -0.3 is 10.2 Å². The van der Waals surface area contributed by atoms with E-state index < -0.39 is 0 Å². The Bertz CT molecular complexity index is 723. The van der Waals surface area contributed by atoms with Crippen molar-refractivity contribution in [2.75, 3.05) is 11.4 Å². The number of hydrogen-bond acceptors (Lipinski definition) is 3. The number of carbonyl (C=O) groups excluding carboxylic acids is 2. The number of amides is 2. The Balaban J connectivity index is 1.95. The molecule has 0 saturated carbocycles. The Labute approximate surface area is 150 Å². The number of nitrogens with zero attached hydrogens (tertiary/aromatic N) is 2. The quantitative estimate of drug-likeness (QED) is 0.852. The molecule has 0 aliphatic carbocycles. The summed E-state index contributed by atoms with van der Waals surface area (Å²) in [6, 6.07) is 10.4. The minimum Gasteiger partial charge on any atom is -0.350 e. The second-order valence-corrected chi connectivity index (χ2v) is 5.96. The molecule has 1 aromatic carbocycles. The van der Waals surface area contributed by atoms with Gasteiger partial charge >= 0.3 is 0 Å². The molecule has 0 bridgehead atoms. The van der Waals surface area contributed by atoms with Crippen molar-refractivity contribution < 1.29 is 9.59 Å². The molecular formula is C17H17Cl2N3O2. The lowest BCUT2D eigenvalue weighted by Gasteiger charge is -2.22. The average molecular weight is 366 g/mol. The standard InChI is InChI=1S/C17H17Cl2N3O2/c1-12(23)22(16-10-13(18)5-6-15(16)19)9-7-17(24)21-11-14-4-2-3-8-20-14/h2-6,8,10H,7,9,11H2,1H3,(H,21,24). The molecule has 1 N–H and O–H groups in total. The molecule has 0 spiro atoms. The first kappa shape index (κ1) is 18.2. The molecule has 2 aromatic rings. The lowest BCUT2D eigenvalue weighted by atomic mass is 10.2. The van der Waals surface area contributed by atoms with Crippen LogP contribution in [-0.2, 0) is 16.1 Å². The second kappa shape index (κ2) is 8.66. The molecule has 2 amide bonds. The first-order valence-electron chi connectivity index (χ1n) is 7.37. The van der Waals surface area contributed by atoms with Gasteiger partial charge in [-0.15, -0.1) is 0 Å². The molecule has 126 valence electrons. The monoisotopic (exact) mass is 365 g/mol. The zero-order valence-corrected chi connectivity index (χ0v) is 14.6. The van der Waals surface area contributed by atoms with Crippen LogP contribution < -0.4 is 10.2 Å². The van der Waals surface area contributed by atoms with Crippen LogP contribution in [0.5, 0.6) is 0 Å². The van der Waals surface area contributed by atoms with Gasteiger partial charge in [0, 0.05) is 31.1 Å². The minimum absolute atomic E-state index is 0.148. The first-order valence-corrected chi connectivity index (χ1v) is 8.12. The number of halogens is 2. The Morgan fingerprint density at radius 2 is 2.00 bits per heavy atom. The normalized spacial score (nSPS) is 10.3. The van der Waals surface area contributed by atoms with E-state index in [1.54, 1.807) is 24.4 Å². The first-order chi connectivity index (χ1) is 11.5. The lowest BCUT2D eigenvalue weighted by molar-refractivity contribution is -0.121. The SMILES string of the molecule is CC(=O)N(CCC(=O)NCc1ccccn1)c1cc(Cl)ccc1Cl. The number of pyridine rings is 1. The number of anilines is 1. The molecule has 5 nitrogen and oxygen atoms in total. The summed E-state index contributed by atoms with van der Waals surface area (Å²) in [4.78, 5) is 29.4. The van der Waals surface area contributed by atoms with E-state index in [1.165, 1.54) is 11.8 Å². The third-order valence-corrected chi connectivity index (χ3v) is 3.89. The molecule has 0 aliphatic heterocycles. The molecule has 0 atom stereocenters. The Hall–Kier alpha value is -2.11. The molecule has 2 rings (SSSR count). The highest BCUT2D eigenvalue weighted by Crippen LogP contribution is 2.29. The maximum absolute atomic E-state index is 12.0. The fourth-order valence-corrected chi connectivity index (χ4v) is 2.52. The van der Waals surface area contributed by atoms with Gasteiger partial charge in [-0.3, -0.25) is 14.6 Å². The van der Waals surface area contributed by atoms with E-state index >= 15 is 0 Å². The van der Waals surface area contributed by atoms with Crippen molar-refractivity contribution in [3.8, 4) is 0 Å². The van der Waals surface area contributed by atoms with Crippen LogP contribution in [0.2, 0.25) is 10.0 Å². The largest absolute Gasteiger partial charge is 0.350 e. The number of hydrogen-bond donors (Lipinski definition) is 1. The number of carbonyl (C=O) groups is 2. The summed E-state index contributed by atoms with van der Waals surface area (Å²) in [6.07, 6.45) is 1.81. The van der Waals surface area contributed by atoms with Gasteiger partial charge in [0.15, 0.2) is 0 Å². The van der Waals surface area contributed by atoms with Gasteiger partial charge in [0.1, 0.15) is 0 Å². The molecule has 0 radical (unpaired) electrons. The molecule has 0 saturated heterocycles. The Kier molecular flexibility index (Phi) is 6.58. The van der Waals surface area contributed by atoms with Crippen molar-refractivity contribution in [3.63, 3.8) is 0 Å². The summed E-state index contributed by atoms with van der Waals surface area (Å²) in [5, 5.41) is 3.65. The number of benzene rings is 1. The van der Waals surface area contributed by atoms with Crippen LogP contribution in [0.4, 0.5) is 5.69 Å². The van der Waals surface area contributed by atoms with Gasteiger partial charge in [0.25, 0.3) is 0 Å². The van der Waals surface area contributed by atoms with Crippen LogP contribution in [0, 0.1) is 0 Å². The molecule has 0 aliphatic rings. The van der Waals surface area contributed by atoms with Gasteiger partial charge in [0.2, 0.25) is 11.8 Å². The summed E-state index contributed by atoms with van der Waals surface area (Å²) in [5.74, 6) is -0.387. The van der Waals surface area contributed by atoms with Crippen molar-refractivity contribution in [1.29, 1.82) is 0 Å². The molecule has 1 heterocycles. The van der Waals surface area contributed by atoms with Gasteiger partial charge in [-0.05, 0) is 30.3 Å². The summed E-state index contributed by atoms with van der Waals surface area (Å²) in [7, 11) is 0. The highest BCUT2D eigenvalue weighted by Gasteiger charge is 2.16. The van der Waals surface area contributed by atoms with Gasteiger partial charge in [0.05, 0.1) is 22.9 Å². The van der Waals surface area contributed by atoms with Crippen molar-refractivity contribution in [2.45, 2.75) is 19.9 Å². The maximum Gasteiger partial charge on any atom is 0.223 e. The average Bonchev–Trinajstić information content (AvgIpc) is 2.57. The predicted molar refractivity (Wildman–Crippen MR) is 95.2 cm³/mol. The summed E-state index contributed by atoms with van der Waals surface area (Å²) in [6.45, 7) is 1.98. The van der Waals surface area contributed by atoms with E-state index in [4.69, 9.17) is 23.2 Å². The molecule has 1 aromatic heterocycles. The van der Waals surface area contributed by atoms with Crippen molar-refractivity contribution in [3.05, 3.63) is 58.3 Å². The Morgan fingerprint density at radius 3 is 2.67 bits per heavy atom.